The molecule has 92 valence electrons. The zero-order chi connectivity index (χ0) is 12.8. The van der Waals surface area contributed by atoms with Gasteiger partial charge in [0.15, 0.2) is 0 Å². The van der Waals surface area contributed by atoms with E-state index in [-0.39, 0.29) is 5.91 Å². The van der Waals surface area contributed by atoms with Gasteiger partial charge in [0.25, 0.3) is 5.91 Å². The van der Waals surface area contributed by atoms with Gasteiger partial charge >= 0.3 is 0 Å². The summed E-state index contributed by atoms with van der Waals surface area (Å²) >= 11 is 0. The van der Waals surface area contributed by atoms with Crippen molar-refractivity contribution in [3.63, 3.8) is 0 Å². The van der Waals surface area contributed by atoms with Crippen molar-refractivity contribution in [1.82, 2.24) is 4.98 Å². The third kappa shape index (κ3) is 3.67. The highest BCUT2D eigenvalue weighted by atomic mass is 16.5. The van der Waals surface area contributed by atoms with Gasteiger partial charge in [-0.25, -0.2) is 4.98 Å². The molecule has 0 N–H and O–H groups in total. The molecule has 17 heavy (non-hydrogen) atoms. The molecule has 1 atom stereocenters. The SMILES string of the molecule is C=CCOC(C)C(=O)N(C)c1cccc(C)n1. The molecule has 0 aliphatic carbocycles. The Bertz CT molecular complexity index is 404. The molecule has 0 radical (unpaired) electrons. The summed E-state index contributed by atoms with van der Waals surface area (Å²) in [5.41, 5.74) is 0.877. The van der Waals surface area contributed by atoms with Crippen LogP contribution < -0.4 is 4.90 Å². The van der Waals surface area contributed by atoms with Crippen LogP contribution in [0.15, 0.2) is 30.9 Å². The maximum atomic E-state index is 12.0. The van der Waals surface area contributed by atoms with Gasteiger partial charge in [0.05, 0.1) is 6.61 Å². The summed E-state index contributed by atoms with van der Waals surface area (Å²) < 4.78 is 5.29. The molecule has 1 aromatic heterocycles. The Balaban J connectivity index is 2.72. The molecule has 0 aliphatic rings. The number of anilines is 1. The predicted octanol–water partition coefficient (Wildman–Crippen LogP) is 1.94. The highest BCUT2D eigenvalue weighted by molar-refractivity contribution is 5.94. The molecular weight excluding hydrogens is 216 g/mol. The fourth-order valence-electron chi connectivity index (χ4n) is 1.38. The fraction of sp³-hybridized carbons (Fsp3) is 0.385. The van der Waals surface area contributed by atoms with Gasteiger partial charge < -0.3 is 4.74 Å². The molecule has 0 saturated carbocycles. The molecule has 4 nitrogen and oxygen atoms in total. The van der Waals surface area contributed by atoms with Gasteiger partial charge in [-0.15, -0.1) is 6.58 Å². The number of rotatable bonds is 5. The van der Waals surface area contributed by atoms with Crippen molar-refractivity contribution < 1.29 is 9.53 Å². The van der Waals surface area contributed by atoms with Crippen molar-refractivity contribution in [3.8, 4) is 0 Å². The summed E-state index contributed by atoms with van der Waals surface area (Å²) in [6.45, 7) is 7.52. The van der Waals surface area contributed by atoms with Crippen LogP contribution >= 0.6 is 0 Å². The van der Waals surface area contributed by atoms with Gasteiger partial charge in [-0.1, -0.05) is 12.1 Å². The third-order valence-electron chi connectivity index (χ3n) is 2.36. The van der Waals surface area contributed by atoms with Crippen molar-refractivity contribution in [1.29, 1.82) is 0 Å². The first-order valence-corrected chi connectivity index (χ1v) is 5.50. The number of nitrogens with zero attached hydrogens (tertiary/aromatic N) is 2. The van der Waals surface area contributed by atoms with E-state index in [0.717, 1.165) is 5.69 Å². The lowest BCUT2D eigenvalue weighted by Crippen LogP contribution is -2.36. The quantitative estimate of drug-likeness (QED) is 0.731. The van der Waals surface area contributed by atoms with Crippen LogP contribution in [-0.2, 0) is 9.53 Å². The van der Waals surface area contributed by atoms with Gasteiger partial charge in [-0.3, -0.25) is 9.69 Å². The van der Waals surface area contributed by atoms with E-state index in [1.807, 2.05) is 19.1 Å². The van der Waals surface area contributed by atoms with Crippen LogP contribution in [0.1, 0.15) is 12.6 Å². The second-order valence-electron chi connectivity index (χ2n) is 3.80. The van der Waals surface area contributed by atoms with Gasteiger partial charge in [-0.2, -0.15) is 0 Å². The van der Waals surface area contributed by atoms with E-state index in [1.165, 1.54) is 4.90 Å². The van der Waals surface area contributed by atoms with Crippen LogP contribution in [0.5, 0.6) is 0 Å². The Kier molecular flexibility index (Phi) is 4.84. The molecule has 1 rings (SSSR count). The highest BCUT2D eigenvalue weighted by Crippen LogP contribution is 2.11. The molecule has 1 aromatic rings. The molecule has 0 saturated heterocycles. The lowest BCUT2D eigenvalue weighted by atomic mass is 10.3. The minimum atomic E-state index is -0.500. The third-order valence-corrected chi connectivity index (χ3v) is 2.36. The lowest BCUT2D eigenvalue weighted by molar-refractivity contribution is -0.128. The molecule has 0 bridgehead atoms. The van der Waals surface area contributed by atoms with E-state index in [1.54, 1.807) is 26.1 Å². The Morgan fingerprint density at radius 1 is 1.65 bits per heavy atom. The second kappa shape index (κ2) is 6.15. The highest BCUT2D eigenvalue weighted by Gasteiger charge is 2.19. The first kappa shape index (κ1) is 13.4. The zero-order valence-corrected chi connectivity index (χ0v) is 10.5. The first-order valence-electron chi connectivity index (χ1n) is 5.50. The number of carbonyl (C=O) groups is 1. The van der Waals surface area contributed by atoms with Crippen LogP contribution in [0.4, 0.5) is 5.82 Å². The van der Waals surface area contributed by atoms with Gasteiger partial charge in [0, 0.05) is 12.7 Å². The number of pyridine rings is 1. The number of carbonyl (C=O) groups excluding carboxylic acids is 1. The van der Waals surface area contributed by atoms with Crippen molar-refractivity contribution >= 4 is 11.7 Å². The summed E-state index contributed by atoms with van der Waals surface area (Å²) in [5.74, 6) is 0.508. The maximum Gasteiger partial charge on any atom is 0.256 e. The number of likely N-dealkylation sites (N-methyl/N-ethyl adjacent to an activating group) is 1. The normalized spacial score (nSPS) is 11.9. The van der Waals surface area contributed by atoms with Crippen LogP contribution in [0, 0.1) is 6.92 Å². The topological polar surface area (TPSA) is 42.4 Å². The summed E-state index contributed by atoms with van der Waals surface area (Å²) in [6.07, 6.45) is 1.12. The second-order valence-corrected chi connectivity index (χ2v) is 3.80. The molecule has 1 heterocycles. The van der Waals surface area contributed by atoms with E-state index in [4.69, 9.17) is 4.74 Å². The smallest absolute Gasteiger partial charge is 0.256 e. The minimum absolute atomic E-state index is 0.120. The van der Waals surface area contributed by atoms with Crippen LogP contribution in [0.3, 0.4) is 0 Å². The molecule has 0 aliphatic heterocycles. The Hall–Kier alpha value is -1.68. The molecule has 0 spiro atoms. The monoisotopic (exact) mass is 234 g/mol. The van der Waals surface area contributed by atoms with Crippen LogP contribution in [0.25, 0.3) is 0 Å². The van der Waals surface area contributed by atoms with Crippen molar-refractivity contribution in [2.75, 3.05) is 18.6 Å². The van der Waals surface area contributed by atoms with Crippen molar-refractivity contribution in [3.05, 3.63) is 36.5 Å². The van der Waals surface area contributed by atoms with E-state index < -0.39 is 6.10 Å². The average Bonchev–Trinajstić information content (AvgIpc) is 2.34. The van der Waals surface area contributed by atoms with Crippen molar-refractivity contribution in [2.45, 2.75) is 20.0 Å². The van der Waals surface area contributed by atoms with Crippen molar-refractivity contribution in [2.24, 2.45) is 0 Å². The van der Waals surface area contributed by atoms with Crippen LogP contribution in [-0.4, -0.2) is 30.6 Å². The molecular formula is C13H18N2O2. The largest absolute Gasteiger partial charge is 0.365 e. The standard InChI is InChI=1S/C13H18N2O2/c1-5-9-17-11(3)13(16)15(4)12-8-6-7-10(2)14-12/h5-8,11H,1,9H2,2-4H3. The molecule has 0 aromatic carbocycles. The van der Waals surface area contributed by atoms with Gasteiger partial charge in [-0.05, 0) is 26.0 Å². The predicted molar refractivity (Wildman–Crippen MR) is 68.0 cm³/mol. The van der Waals surface area contributed by atoms with E-state index in [0.29, 0.717) is 12.4 Å². The van der Waals surface area contributed by atoms with Gasteiger partial charge in [0.1, 0.15) is 11.9 Å². The summed E-state index contributed by atoms with van der Waals surface area (Å²) in [7, 11) is 1.69. The Morgan fingerprint density at radius 3 is 2.94 bits per heavy atom. The fourth-order valence-corrected chi connectivity index (χ4v) is 1.38. The van der Waals surface area contributed by atoms with Crippen LogP contribution in [0.2, 0.25) is 0 Å². The Labute approximate surface area is 102 Å². The Morgan fingerprint density at radius 2 is 2.35 bits per heavy atom. The number of ether oxygens (including phenoxy) is 1. The number of aromatic nitrogens is 1. The molecule has 1 amide bonds. The van der Waals surface area contributed by atoms with E-state index in [9.17, 15) is 4.79 Å². The maximum absolute atomic E-state index is 12.0. The molecule has 0 fully saturated rings. The summed E-state index contributed by atoms with van der Waals surface area (Å²) in [5, 5.41) is 0. The number of hydrogen-bond donors (Lipinski definition) is 0. The van der Waals surface area contributed by atoms with E-state index in [2.05, 4.69) is 11.6 Å². The minimum Gasteiger partial charge on any atom is -0.365 e. The lowest BCUT2D eigenvalue weighted by Gasteiger charge is -2.20. The number of hydrogen-bond acceptors (Lipinski definition) is 3. The summed E-state index contributed by atoms with van der Waals surface area (Å²) in [4.78, 5) is 17.8. The average molecular weight is 234 g/mol. The van der Waals surface area contributed by atoms with Gasteiger partial charge in [0.2, 0.25) is 0 Å². The number of amides is 1. The number of aryl methyl sites for hydroxylation is 1. The molecule has 4 heteroatoms. The first-order chi connectivity index (χ1) is 8.06. The van der Waals surface area contributed by atoms with E-state index >= 15 is 0 Å². The summed E-state index contributed by atoms with van der Waals surface area (Å²) in [6, 6.07) is 5.56. The molecule has 1 unspecified atom stereocenters. The zero-order valence-electron chi connectivity index (χ0n) is 10.5.